The topological polar surface area (TPSA) is 316 Å². The van der Waals surface area contributed by atoms with Crippen LogP contribution in [0.2, 0.25) is 0 Å². The maximum Gasteiger partial charge on any atom is 1.00 e. The van der Waals surface area contributed by atoms with Crippen LogP contribution in [0.4, 0.5) is 35.2 Å². The van der Waals surface area contributed by atoms with E-state index >= 15 is 0 Å². The minimum Gasteiger partial charge on any atom is -0.744 e. The van der Waals surface area contributed by atoms with Gasteiger partial charge in [-0.05, 0) is 35.4 Å². The second-order valence-electron chi connectivity index (χ2n) is 8.54. The summed E-state index contributed by atoms with van der Waals surface area (Å²) in [6.07, 6.45) is 2.75. The van der Waals surface area contributed by atoms with Gasteiger partial charge in [0.25, 0.3) is 5.95 Å². The summed E-state index contributed by atoms with van der Waals surface area (Å²) in [5.74, 6) is -0.948. The molecule has 0 spiro atoms. The third-order valence-corrected chi connectivity index (χ3v) is 7.35. The van der Waals surface area contributed by atoms with Crippen molar-refractivity contribution in [3.05, 3.63) is 47.5 Å². The zero-order valence-electron chi connectivity index (χ0n) is 27.9. The molecule has 0 atom stereocenters. The Morgan fingerprint density at radius 3 is 1.96 bits per heavy atom. The van der Waals surface area contributed by atoms with E-state index in [1.165, 1.54) is 44.6 Å². The van der Waals surface area contributed by atoms with E-state index in [2.05, 4.69) is 75.9 Å². The molecule has 4 rings (SSSR count). The van der Waals surface area contributed by atoms with Gasteiger partial charge in [0.05, 0.1) is 31.2 Å². The van der Waals surface area contributed by atoms with E-state index in [-0.39, 0.29) is 140 Å². The number of aromatic nitrogens is 6. The Hall–Kier alpha value is -2.15. The van der Waals surface area contributed by atoms with E-state index in [1.807, 2.05) is 0 Å². The number of ether oxygens (including phenoxy) is 2. The minimum atomic E-state index is -5.05. The molecular formula is C24H19N10Na3O13S3. The Morgan fingerprint density at radius 1 is 0.792 bits per heavy atom. The average Bonchev–Trinajstić information content (AvgIpc) is 3.09. The molecule has 5 N–H and O–H groups in total. The van der Waals surface area contributed by atoms with Crippen LogP contribution in [0, 0.1) is 11.3 Å². The quantitative estimate of drug-likeness (QED) is 0.00807. The van der Waals surface area contributed by atoms with Crippen LogP contribution in [0.25, 0.3) is 12.2 Å². The number of anilines is 6. The second kappa shape index (κ2) is 24.4. The summed E-state index contributed by atoms with van der Waals surface area (Å²) in [5, 5.41) is 55.6. The molecule has 0 aliphatic rings. The molecular weight excluding hydrogens is 801 g/mol. The first-order chi connectivity index (χ1) is 24.0. The smallest absolute Gasteiger partial charge is 0.744 e. The molecule has 264 valence electrons. The molecule has 0 saturated heterocycles. The Labute approximate surface area is 374 Å². The Bertz CT molecular complexity index is 2020. The average molecular weight is 821 g/mol. The molecule has 29 heteroatoms. The maximum atomic E-state index is 12.2. The molecule has 4 aromatic rings. The zero-order valence-corrected chi connectivity index (χ0v) is 36.3. The van der Waals surface area contributed by atoms with Crippen LogP contribution in [0.3, 0.4) is 0 Å². The summed E-state index contributed by atoms with van der Waals surface area (Å²) in [4.78, 5) is 23.1. The number of hydrogen-bond acceptors (Lipinski definition) is 25. The van der Waals surface area contributed by atoms with Gasteiger partial charge in [-0.25, -0.2) is 8.42 Å². The second-order valence-corrected chi connectivity index (χ2v) is 11.1. The van der Waals surface area contributed by atoms with Crippen LogP contribution in [0.15, 0.2) is 46.2 Å². The molecule has 2 heterocycles. The van der Waals surface area contributed by atoms with E-state index < -0.39 is 21.0 Å². The number of nitrogens with one attached hydrogen (secondary N) is 3. The fourth-order valence-corrected chi connectivity index (χ4v) is 4.91. The van der Waals surface area contributed by atoms with Crippen LogP contribution in [-0.2, 0) is 28.9 Å². The Morgan fingerprint density at radius 2 is 1.36 bits per heavy atom. The first kappa shape index (κ1) is 48.9. The van der Waals surface area contributed by atoms with Gasteiger partial charge in [0.1, 0.15) is 22.2 Å². The van der Waals surface area contributed by atoms with Crippen LogP contribution < -0.4 is 130 Å². The van der Waals surface area contributed by atoms with Gasteiger partial charge in [0.2, 0.25) is 17.8 Å². The van der Waals surface area contributed by atoms with Crippen LogP contribution in [-0.4, -0.2) is 67.5 Å². The molecule has 53 heavy (non-hydrogen) atoms. The van der Waals surface area contributed by atoms with Gasteiger partial charge in [-0.1, -0.05) is 29.5 Å². The van der Waals surface area contributed by atoms with Crippen molar-refractivity contribution in [1.82, 2.24) is 29.9 Å². The van der Waals surface area contributed by atoms with E-state index in [0.29, 0.717) is 35.3 Å². The van der Waals surface area contributed by atoms with Gasteiger partial charge in [-0.15, -0.1) is 0 Å². The van der Waals surface area contributed by atoms with Crippen LogP contribution in [0.5, 0.6) is 12.0 Å². The summed E-state index contributed by atoms with van der Waals surface area (Å²) in [6.45, 7) is 0. The molecule has 0 fully saturated rings. The Balaban J connectivity index is 0.00000468. The van der Waals surface area contributed by atoms with E-state index in [4.69, 9.17) is 9.47 Å². The van der Waals surface area contributed by atoms with E-state index in [1.54, 1.807) is 12.1 Å². The number of methoxy groups -OCH3 is 2. The zero-order chi connectivity index (χ0) is 36.1. The standard InChI is InChI=1S/C24H22N10O13S3.3Na/c1-42-23-30-19(25-9-10-48-46-44-37)28-20(31-23)26-15-7-5-13(17(11-15)49-47-45-38)3-4-14-6-8-16(12-18(14)50(39,40)41)27-21-29-22(34(35)36)33-24(32-21)43-2;;;/h3-8,11-12,35-38H,1-2H3,(H,39,40,41)(H,27,29,32,33)(H2,25,26,28,30,31);;;/q;3*+1/p-3. The van der Waals surface area contributed by atoms with Gasteiger partial charge in [-0.2, -0.15) is 38.6 Å². The molecule has 23 nitrogen and oxygen atoms in total. The molecule has 0 radical (unpaired) electrons. The van der Waals surface area contributed by atoms with Crippen molar-refractivity contribution in [2.75, 3.05) is 35.4 Å². The predicted molar refractivity (Wildman–Crippen MR) is 164 cm³/mol. The molecule has 2 aromatic carbocycles. The fourth-order valence-electron chi connectivity index (χ4n) is 3.55. The van der Waals surface area contributed by atoms with Gasteiger partial charge in [-0.3, -0.25) is 25.8 Å². The minimum absolute atomic E-state index is 0. The van der Waals surface area contributed by atoms with Gasteiger partial charge in [0.15, 0.2) is 0 Å². The number of hydrogen-bond donors (Lipinski definition) is 5. The van der Waals surface area contributed by atoms with Crippen molar-refractivity contribution < 1.29 is 151 Å². The first-order valence-electron chi connectivity index (χ1n) is 12.8. The third-order valence-electron chi connectivity index (χ3n) is 5.49. The number of rotatable bonds is 16. The summed E-state index contributed by atoms with van der Waals surface area (Å²) in [5.41, 5.74) is 0.751. The molecule has 0 bridgehead atoms. The molecule has 0 aliphatic carbocycles. The van der Waals surface area contributed by atoms with Gasteiger partial charge < -0.3 is 35.2 Å². The van der Waals surface area contributed by atoms with Crippen molar-refractivity contribution in [1.29, 1.82) is 0 Å². The van der Waals surface area contributed by atoms with Crippen molar-refractivity contribution in [3.8, 4) is 23.3 Å². The van der Waals surface area contributed by atoms with E-state index in [9.17, 15) is 33.9 Å². The monoisotopic (exact) mass is 820 g/mol. The third kappa shape index (κ3) is 15.5. The summed E-state index contributed by atoms with van der Waals surface area (Å²) < 4.78 is 55.1. The van der Waals surface area contributed by atoms with Crippen molar-refractivity contribution >= 4 is 81.5 Å². The summed E-state index contributed by atoms with van der Waals surface area (Å²) in [6, 6.07) is 10.3. The fraction of sp³-hybridized carbons (Fsp3) is 0.0833. The van der Waals surface area contributed by atoms with Crippen LogP contribution >= 0.6 is 24.1 Å². The van der Waals surface area contributed by atoms with E-state index in [0.717, 1.165) is 6.07 Å². The first-order valence-corrected chi connectivity index (χ1v) is 15.7. The largest absolute Gasteiger partial charge is 1.00 e. The molecule has 0 saturated carbocycles. The molecule has 2 aromatic heterocycles. The molecule has 0 unspecified atom stereocenters. The molecule has 0 amide bonds. The number of benzene rings is 2. The maximum absolute atomic E-state index is 12.2. The van der Waals surface area contributed by atoms with Crippen molar-refractivity contribution in [3.63, 3.8) is 0 Å². The Kier molecular flexibility index (Phi) is 22.5. The normalized spacial score (nSPS) is 10.5. The predicted octanol–water partition coefficient (Wildman–Crippen LogP) is -8.34. The van der Waals surface area contributed by atoms with Gasteiger partial charge in [0, 0.05) is 27.6 Å². The van der Waals surface area contributed by atoms with Gasteiger partial charge >= 0.3 is 101 Å². The summed E-state index contributed by atoms with van der Waals surface area (Å²) in [7, 11) is -2.52. The summed E-state index contributed by atoms with van der Waals surface area (Å²) >= 11 is 0.919. The van der Waals surface area contributed by atoms with Crippen molar-refractivity contribution in [2.24, 2.45) is 0 Å². The molecule has 0 aliphatic heterocycles. The SMILES string of the molecule is COc1nc(NC#CSOO[O-])nc(Nc2ccc(C=Cc3ccc(Nc4nc(OC)nc(N(O)O)n4)cc3S(=O)(=O)[O-])c(SOO[O-])c2)n1.[Na+].[Na+].[Na+]. The van der Waals surface area contributed by atoms with Crippen LogP contribution in [0.1, 0.15) is 11.1 Å². The number of nitrogens with zero attached hydrogens (tertiary/aromatic N) is 7. The van der Waals surface area contributed by atoms with Crippen molar-refractivity contribution in [2.45, 2.75) is 9.79 Å².